The molecule has 0 spiro atoms. The van der Waals surface area contributed by atoms with Crippen LogP contribution in [0.1, 0.15) is 138 Å². The number of aliphatic carboxylic acids is 1. The molecule has 0 unspecified atom stereocenters. The average Bonchev–Trinajstić information content (AvgIpc) is 3.41. The molecule has 5 saturated carbocycles. The van der Waals surface area contributed by atoms with Gasteiger partial charge in [0.1, 0.15) is 6.10 Å². The van der Waals surface area contributed by atoms with E-state index >= 15 is 0 Å². The number of carboxylic acids is 1. The van der Waals surface area contributed by atoms with E-state index in [1.165, 1.54) is 50.5 Å². The largest absolute Gasteiger partial charge is 0.481 e. The molecule has 1 heterocycles. The van der Waals surface area contributed by atoms with Crippen molar-refractivity contribution in [2.45, 2.75) is 145 Å². The molecule has 0 radical (unpaired) electrons. The van der Waals surface area contributed by atoms with Gasteiger partial charge in [-0.15, -0.1) is 0 Å². The summed E-state index contributed by atoms with van der Waals surface area (Å²) in [5.41, 5.74) is 2.16. The first kappa shape index (κ1) is 36.6. The van der Waals surface area contributed by atoms with Gasteiger partial charge in [0, 0.05) is 18.2 Å². The standard InChI is InChI=1S/C43H65NO5/c1-28(2)30-15-20-43(23-25-48-27-29-12-10-11-24-44-29)22-21-41(8)31(36(30)43)13-14-33-40(7)18-17-34(49-35(45)26-38(3,4)37(46)47)39(5,6)32(40)16-19-42(33,41)9/h10-12,24,30-34,36H,1,13-23,25-27H2,2-9H3,(H,46,47)/t30-,31+,32-,33+,34-,36+,40-,41+,42+,43+/m0/s1. The first-order valence-electron chi connectivity index (χ1n) is 19.5. The molecule has 5 aliphatic carbocycles. The number of pyridine rings is 1. The number of esters is 1. The van der Waals surface area contributed by atoms with Gasteiger partial charge in [-0.25, -0.2) is 0 Å². The van der Waals surface area contributed by atoms with Crippen LogP contribution in [0.4, 0.5) is 0 Å². The van der Waals surface area contributed by atoms with Crippen LogP contribution in [0.3, 0.4) is 0 Å². The second-order valence-corrected chi connectivity index (χ2v) is 19.4. The van der Waals surface area contributed by atoms with Crippen LogP contribution in [-0.4, -0.2) is 34.7 Å². The zero-order valence-electron chi connectivity index (χ0n) is 31.9. The molecule has 0 saturated heterocycles. The topological polar surface area (TPSA) is 85.7 Å². The average molecular weight is 676 g/mol. The normalized spacial score (nSPS) is 41.1. The SMILES string of the molecule is C=C(C)[C@@H]1CC[C@]2(CCOCc3ccccn3)CC[C@]3(C)[C@H](CC[C@@H]4[C@@]5(C)CC[C@H](OC(=O)CC(C)(C)C(=O)O)C(C)(C)[C@@H]5CC[C@]43C)[C@@H]12. The van der Waals surface area contributed by atoms with Crippen LogP contribution in [0.5, 0.6) is 0 Å². The molecule has 1 aromatic heterocycles. The molecule has 6 nitrogen and oxygen atoms in total. The van der Waals surface area contributed by atoms with Crippen molar-refractivity contribution >= 4 is 11.9 Å². The van der Waals surface area contributed by atoms with Crippen LogP contribution in [0.25, 0.3) is 0 Å². The van der Waals surface area contributed by atoms with Crippen LogP contribution in [0, 0.1) is 62.1 Å². The van der Waals surface area contributed by atoms with E-state index in [1.54, 1.807) is 13.8 Å². The summed E-state index contributed by atoms with van der Waals surface area (Å²) >= 11 is 0. The maximum Gasteiger partial charge on any atom is 0.309 e. The quantitative estimate of drug-likeness (QED) is 0.151. The molecule has 0 amide bonds. The molecular formula is C43H65NO5. The van der Waals surface area contributed by atoms with Gasteiger partial charge in [-0.1, -0.05) is 52.8 Å². The number of nitrogens with zero attached hydrogens (tertiary/aromatic N) is 1. The highest BCUT2D eigenvalue weighted by molar-refractivity contribution is 5.81. The number of fused-ring (bicyclic) bond motifs is 7. The molecule has 1 aromatic rings. The zero-order chi connectivity index (χ0) is 35.6. The summed E-state index contributed by atoms with van der Waals surface area (Å²) in [6.07, 6.45) is 14.8. The van der Waals surface area contributed by atoms with Gasteiger partial charge in [0.2, 0.25) is 0 Å². The fourth-order valence-electron chi connectivity index (χ4n) is 13.5. The summed E-state index contributed by atoms with van der Waals surface area (Å²) in [6, 6.07) is 6.05. The molecule has 6 heteroatoms. The van der Waals surface area contributed by atoms with Gasteiger partial charge < -0.3 is 14.6 Å². The minimum Gasteiger partial charge on any atom is -0.481 e. The Hall–Kier alpha value is -2.21. The summed E-state index contributed by atoms with van der Waals surface area (Å²) in [6.45, 7) is 24.1. The van der Waals surface area contributed by atoms with Gasteiger partial charge in [-0.05, 0) is 155 Å². The Morgan fingerprint density at radius 1 is 0.939 bits per heavy atom. The molecule has 0 bridgehead atoms. The number of ether oxygens (including phenoxy) is 2. The Morgan fingerprint density at radius 2 is 1.69 bits per heavy atom. The monoisotopic (exact) mass is 675 g/mol. The van der Waals surface area contributed by atoms with Crippen LogP contribution in [0.2, 0.25) is 0 Å². The molecule has 0 aliphatic heterocycles. The summed E-state index contributed by atoms with van der Waals surface area (Å²) in [7, 11) is 0. The van der Waals surface area contributed by atoms with Crippen LogP contribution in [0.15, 0.2) is 36.5 Å². The third-order valence-electron chi connectivity index (χ3n) is 16.3. The smallest absolute Gasteiger partial charge is 0.309 e. The van der Waals surface area contributed by atoms with Crippen molar-refractivity contribution in [3.05, 3.63) is 42.2 Å². The van der Waals surface area contributed by atoms with E-state index in [9.17, 15) is 14.7 Å². The van der Waals surface area contributed by atoms with Gasteiger partial charge in [-0.3, -0.25) is 14.6 Å². The number of carbonyl (C=O) groups is 2. The Morgan fingerprint density at radius 3 is 2.37 bits per heavy atom. The Labute approximate surface area is 296 Å². The number of hydrogen-bond acceptors (Lipinski definition) is 5. The van der Waals surface area contributed by atoms with E-state index in [0.717, 1.165) is 38.0 Å². The molecule has 49 heavy (non-hydrogen) atoms. The minimum atomic E-state index is -1.13. The summed E-state index contributed by atoms with van der Waals surface area (Å²) in [5.74, 6) is 1.74. The highest BCUT2D eigenvalue weighted by atomic mass is 16.5. The van der Waals surface area contributed by atoms with Gasteiger partial charge in [-0.2, -0.15) is 0 Å². The predicted molar refractivity (Wildman–Crippen MR) is 193 cm³/mol. The van der Waals surface area contributed by atoms with Gasteiger partial charge in [0.25, 0.3) is 0 Å². The highest BCUT2D eigenvalue weighted by Gasteiger charge is 2.71. The van der Waals surface area contributed by atoms with Gasteiger partial charge in [0.05, 0.1) is 24.1 Å². The van der Waals surface area contributed by atoms with Crippen molar-refractivity contribution in [2.75, 3.05) is 6.61 Å². The number of allylic oxidation sites excluding steroid dienone is 1. The maximum absolute atomic E-state index is 13.1. The lowest BCUT2D eigenvalue weighted by Gasteiger charge is -2.73. The van der Waals surface area contributed by atoms with E-state index in [-0.39, 0.29) is 40.2 Å². The number of carboxylic acid groups (broad SMARTS) is 1. The second kappa shape index (κ2) is 12.8. The van der Waals surface area contributed by atoms with Crippen molar-refractivity contribution < 1.29 is 24.2 Å². The number of aromatic nitrogens is 1. The maximum atomic E-state index is 13.1. The number of carbonyl (C=O) groups excluding carboxylic acids is 1. The molecule has 5 fully saturated rings. The third kappa shape index (κ3) is 5.92. The summed E-state index contributed by atoms with van der Waals surface area (Å²) in [4.78, 5) is 29.3. The van der Waals surface area contributed by atoms with Crippen molar-refractivity contribution in [3.8, 4) is 0 Å². The van der Waals surface area contributed by atoms with Crippen LogP contribution < -0.4 is 0 Å². The van der Waals surface area contributed by atoms with Crippen molar-refractivity contribution in [3.63, 3.8) is 0 Å². The fraction of sp³-hybridized carbons (Fsp3) is 0.791. The van der Waals surface area contributed by atoms with E-state index in [0.29, 0.717) is 41.6 Å². The molecule has 0 aromatic carbocycles. The van der Waals surface area contributed by atoms with Gasteiger partial charge >= 0.3 is 11.9 Å². The molecule has 1 N–H and O–H groups in total. The van der Waals surface area contributed by atoms with Crippen LogP contribution >= 0.6 is 0 Å². The Balaban J connectivity index is 1.21. The Kier molecular flexibility index (Phi) is 9.54. The van der Waals surface area contributed by atoms with Crippen molar-refractivity contribution in [1.82, 2.24) is 4.98 Å². The lowest BCUT2D eigenvalue weighted by Crippen LogP contribution is -2.66. The molecule has 272 valence electrons. The van der Waals surface area contributed by atoms with Crippen molar-refractivity contribution in [2.24, 2.45) is 62.1 Å². The first-order chi connectivity index (χ1) is 22.9. The number of hydrogen-bond donors (Lipinski definition) is 1. The third-order valence-corrected chi connectivity index (χ3v) is 16.3. The molecule has 6 rings (SSSR count). The van der Waals surface area contributed by atoms with Gasteiger partial charge in [0.15, 0.2) is 0 Å². The second-order valence-electron chi connectivity index (χ2n) is 19.4. The summed E-state index contributed by atoms with van der Waals surface area (Å²) < 4.78 is 12.5. The first-order valence-corrected chi connectivity index (χ1v) is 19.5. The molecule has 10 atom stereocenters. The lowest BCUT2D eigenvalue weighted by molar-refractivity contribution is -0.251. The number of rotatable bonds is 10. The van der Waals surface area contributed by atoms with E-state index < -0.39 is 11.4 Å². The zero-order valence-corrected chi connectivity index (χ0v) is 31.9. The van der Waals surface area contributed by atoms with E-state index in [1.807, 2.05) is 18.3 Å². The van der Waals surface area contributed by atoms with Crippen LogP contribution in [-0.2, 0) is 25.7 Å². The molecule has 5 aliphatic rings. The van der Waals surface area contributed by atoms with Crippen molar-refractivity contribution in [1.29, 1.82) is 0 Å². The lowest BCUT2D eigenvalue weighted by atomic mass is 9.32. The fourth-order valence-corrected chi connectivity index (χ4v) is 13.5. The van der Waals surface area contributed by atoms with E-state index in [2.05, 4.69) is 59.2 Å². The predicted octanol–water partition coefficient (Wildman–Crippen LogP) is 10.1. The highest BCUT2D eigenvalue weighted by Crippen LogP contribution is 2.78. The minimum absolute atomic E-state index is 0.0958. The summed E-state index contributed by atoms with van der Waals surface area (Å²) in [5, 5.41) is 9.60. The Bertz CT molecular complexity index is 1420. The molecular weight excluding hydrogens is 610 g/mol. The van der Waals surface area contributed by atoms with E-state index in [4.69, 9.17) is 9.47 Å².